The molecule has 0 aromatic heterocycles. The third-order valence-corrected chi connectivity index (χ3v) is 2.63. The van der Waals surface area contributed by atoms with Crippen molar-refractivity contribution in [3.8, 4) is 0 Å². The van der Waals surface area contributed by atoms with Gasteiger partial charge >= 0.3 is 5.97 Å². The highest BCUT2D eigenvalue weighted by Gasteiger charge is 2.41. The van der Waals surface area contributed by atoms with Gasteiger partial charge in [0, 0.05) is 0 Å². The maximum absolute atomic E-state index is 12.0. The van der Waals surface area contributed by atoms with Crippen LogP contribution < -0.4 is 0 Å². The predicted molar refractivity (Wildman–Crippen MR) is 73.8 cm³/mol. The van der Waals surface area contributed by atoms with E-state index in [-0.39, 0.29) is 6.54 Å². The Hall–Kier alpha value is -1.20. The van der Waals surface area contributed by atoms with Gasteiger partial charge in [0.05, 0.1) is 27.6 Å². The number of carbonyl (C=O) groups is 2. The number of aliphatic carboxylic acids is 1. The summed E-state index contributed by atoms with van der Waals surface area (Å²) in [5.74, 6) is -1.70. The molecular formula is C14H26NO4+. The molecule has 0 saturated heterocycles. The number of nitrogens with zero attached hydrogens (tertiary/aromatic N) is 1. The fraction of sp³-hybridized carbons (Fsp3) is 0.714. The maximum atomic E-state index is 12.0. The van der Waals surface area contributed by atoms with Crippen molar-refractivity contribution in [3.63, 3.8) is 0 Å². The van der Waals surface area contributed by atoms with E-state index in [0.717, 1.165) is 19.3 Å². The smallest absolute Gasteiger partial charge is 0.307 e. The third-order valence-electron chi connectivity index (χ3n) is 2.63. The Kier molecular flexibility index (Phi) is 6.94. The van der Waals surface area contributed by atoms with Gasteiger partial charge in [-0.3, -0.25) is 9.59 Å². The lowest BCUT2D eigenvalue weighted by atomic mass is 9.92. The average Bonchev–Trinajstić information content (AvgIpc) is 2.20. The summed E-state index contributed by atoms with van der Waals surface area (Å²) in [6, 6.07) is 0. The Bertz CT molecular complexity index is 344. The first-order valence-electron chi connectivity index (χ1n) is 6.56. The molecule has 0 bridgehead atoms. The fourth-order valence-electron chi connectivity index (χ4n) is 1.92. The molecule has 0 aromatic rings. The molecule has 0 fully saturated rings. The quantitative estimate of drug-likeness (QED) is 0.376. The summed E-state index contributed by atoms with van der Waals surface area (Å²) in [6.45, 7) is 2.11. The van der Waals surface area contributed by atoms with Crippen molar-refractivity contribution in [2.75, 3.05) is 27.7 Å². The van der Waals surface area contributed by atoms with Gasteiger partial charge in [0.2, 0.25) is 0 Å². The van der Waals surface area contributed by atoms with Crippen molar-refractivity contribution < 1.29 is 24.3 Å². The first-order valence-corrected chi connectivity index (χ1v) is 6.56. The second-order valence-corrected chi connectivity index (χ2v) is 5.96. The van der Waals surface area contributed by atoms with Crippen molar-refractivity contribution in [3.05, 3.63) is 12.2 Å². The number of allylic oxidation sites excluding steroid dienone is 1. The summed E-state index contributed by atoms with van der Waals surface area (Å²) in [5.41, 5.74) is -1.84. The maximum Gasteiger partial charge on any atom is 0.307 e. The van der Waals surface area contributed by atoms with Gasteiger partial charge in [-0.25, -0.2) is 0 Å². The largest absolute Gasteiger partial charge is 0.481 e. The van der Waals surface area contributed by atoms with Crippen LogP contribution in [0.3, 0.4) is 0 Å². The Balaban J connectivity index is 4.87. The number of hydrogen-bond donors (Lipinski definition) is 2. The summed E-state index contributed by atoms with van der Waals surface area (Å²) in [6.07, 6.45) is 5.20. The molecule has 1 atom stereocenters. The Morgan fingerprint density at radius 1 is 1.26 bits per heavy atom. The molecule has 110 valence electrons. The standard InChI is InChI=1S/C14H25NO4/c1-5-6-7-8-9-12(16)14(19,10-13(17)18)11-15(2,3)4/h8-9,19H,5-7,10-11H2,1-4H3/p+1. The van der Waals surface area contributed by atoms with Crippen LogP contribution in [-0.4, -0.2) is 59.7 Å². The molecule has 0 amide bonds. The molecule has 0 rings (SSSR count). The molecule has 2 N–H and O–H groups in total. The summed E-state index contributed by atoms with van der Waals surface area (Å²) in [7, 11) is 5.42. The van der Waals surface area contributed by atoms with E-state index in [9.17, 15) is 14.7 Å². The van der Waals surface area contributed by atoms with Crippen LogP contribution in [0.25, 0.3) is 0 Å². The number of carboxylic acids is 1. The van der Waals surface area contributed by atoms with Crippen molar-refractivity contribution >= 4 is 11.8 Å². The topological polar surface area (TPSA) is 74.6 Å². The second kappa shape index (κ2) is 7.40. The first kappa shape index (κ1) is 17.8. The number of rotatable bonds is 9. The van der Waals surface area contributed by atoms with Crippen LogP contribution in [0, 0.1) is 0 Å². The van der Waals surface area contributed by atoms with Gasteiger partial charge < -0.3 is 14.7 Å². The molecule has 0 heterocycles. The normalized spacial score (nSPS) is 15.4. The van der Waals surface area contributed by atoms with Crippen molar-refractivity contribution in [2.45, 2.75) is 38.2 Å². The number of carboxylic acid groups (broad SMARTS) is 1. The number of aliphatic hydroxyl groups is 1. The zero-order valence-corrected chi connectivity index (χ0v) is 12.3. The summed E-state index contributed by atoms with van der Waals surface area (Å²) >= 11 is 0. The van der Waals surface area contributed by atoms with E-state index in [2.05, 4.69) is 0 Å². The molecule has 5 nitrogen and oxygen atoms in total. The third kappa shape index (κ3) is 7.74. The monoisotopic (exact) mass is 272 g/mol. The van der Waals surface area contributed by atoms with Crippen molar-refractivity contribution in [1.29, 1.82) is 0 Å². The van der Waals surface area contributed by atoms with E-state index >= 15 is 0 Å². The van der Waals surface area contributed by atoms with E-state index in [1.165, 1.54) is 6.08 Å². The minimum absolute atomic E-state index is 0.0657. The molecule has 19 heavy (non-hydrogen) atoms. The Morgan fingerprint density at radius 2 is 1.84 bits per heavy atom. The molecule has 5 heteroatoms. The van der Waals surface area contributed by atoms with Gasteiger partial charge in [0.25, 0.3) is 0 Å². The fourth-order valence-corrected chi connectivity index (χ4v) is 1.92. The number of ketones is 1. The van der Waals surface area contributed by atoms with E-state index in [1.54, 1.807) is 27.2 Å². The SMILES string of the molecule is CCCCC=CC(=O)C(O)(CC(=O)O)C[N+](C)(C)C. The molecule has 1 unspecified atom stereocenters. The number of quaternary nitrogens is 1. The van der Waals surface area contributed by atoms with Crippen LogP contribution in [0.4, 0.5) is 0 Å². The number of hydrogen-bond acceptors (Lipinski definition) is 3. The highest BCUT2D eigenvalue weighted by Crippen LogP contribution is 2.17. The van der Waals surface area contributed by atoms with Gasteiger partial charge in [-0.05, 0) is 12.5 Å². The molecule has 0 aromatic carbocycles. The molecule has 0 aliphatic carbocycles. The Morgan fingerprint density at radius 3 is 2.26 bits per heavy atom. The lowest BCUT2D eigenvalue weighted by Gasteiger charge is -2.33. The highest BCUT2D eigenvalue weighted by atomic mass is 16.4. The van der Waals surface area contributed by atoms with Crippen LogP contribution >= 0.6 is 0 Å². The van der Waals surface area contributed by atoms with Crippen molar-refractivity contribution in [1.82, 2.24) is 0 Å². The molecule has 0 spiro atoms. The van der Waals surface area contributed by atoms with E-state index in [0.29, 0.717) is 4.48 Å². The Labute approximate surface area is 115 Å². The number of carbonyl (C=O) groups excluding carboxylic acids is 1. The summed E-state index contributed by atoms with van der Waals surface area (Å²) in [4.78, 5) is 22.9. The minimum atomic E-state index is -1.84. The molecule has 0 saturated carbocycles. The zero-order chi connectivity index (χ0) is 15.1. The van der Waals surface area contributed by atoms with Gasteiger partial charge in [-0.2, -0.15) is 0 Å². The lowest BCUT2D eigenvalue weighted by Crippen LogP contribution is -2.54. The highest BCUT2D eigenvalue weighted by molar-refractivity contribution is 5.99. The van der Waals surface area contributed by atoms with E-state index in [1.807, 2.05) is 6.92 Å². The average molecular weight is 272 g/mol. The predicted octanol–water partition coefficient (Wildman–Crippen LogP) is 1.21. The summed E-state index contributed by atoms with van der Waals surface area (Å²) in [5, 5.41) is 19.2. The molecule has 0 aliphatic rings. The number of likely N-dealkylation sites (N-methyl/N-ethyl adjacent to an activating group) is 1. The second-order valence-electron chi connectivity index (χ2n) is 5.96. The van der Waals surface area contributed by atoms with Gasteiger partial charge in [0.15, 0.2) is 11.4 Å². The molecular weight excluding hydrogens is 246 g/mol. The molecule has 0 radical (unpaired) electrons. The molecule has 0 aliphatic heterocycles. The first-order chi connectivity index (χ1) is 8.60. The summed E-state index contributed by atoms with van der Waals surface area (Å²) < 4.78 is 0.318. The van der Waals surface area contributed by atoms with Gasteiger partial charge in [-0.1, -0.05) is 25.8 Å². The van der Waals surface area contributed by atoms with Crippen LogP contribution in [-0.2, 0) is 9.59 Å². The van der Waals surface area contributed by atoms with Crippen LogP contribution in [0.1, 0.15) is 32.6 Å². The van der Waals surface area contributed by atoms with Crippen LogP contribution in [0.15, 0.2) is 12.2 Å². The van der Waals surface area contributed by atoms with Gasteiger partial charge in [-0.15, -0.1) is 0 Å². The minimum Gasteiger partial charge on any atom is -0.481 e. The van der Waals surface area contributed by atoms with Crippen LogP contribution in [0.2, 0.25) is 0 Å². The van der Waals surface area contributed by atoms with Crippen LogP contribution in [0.5, 0.6) is 0 Å². The van der Waals surface area contributed by atoms with E-state index < -0.39 is 23.8 Å². The zero-order valence-electron chi connectivity index (χ0n) is 12.3. The van der Waals surface area contributed by atoms with Crippen molar-refractivity contribution in [2.24, 2.45) is 0 Å². The van der Waals surface area contributed by atoms with Gasteiger partial charge in [0.1, 0.15) is 6.54 Å². The number of unbranched alkanes of at least 4 members (excludes halogenated alkanes) is 2. The lowest BCUT2D eigenvalue weighted by molar-refractivity contribution is -0.875. The van der Waals surface area contributed by atoms with E-state index in [4.69, 9.17) is 5.11 Å².